The fourth-order valence-corrected chi connectivity index (χ4v) is 158. The van der Waals surface area contributed by atoms with Gasteiger partial charge in [0, 0.05) is 0 Å². The Kier molecular flexibility index (Phi) is 13.0. The van der Waals surface area contributed by atoms with Gasteiger partial charge in [0.2, 0.25) is 0 Å². The molecule has 0 N–H and O–H groups in total. The van der Waals surface area contributed by atoms with Crippen LogP contribution in [0.15, 0.2) is 0 Å². The Morgan fingerprint density at radius 2 is 0.355 bits per heavy atom. The van der Waals surface area contributed by atoms with Gasteiger partial charge in [-0.3, -0.25) is 0 Å². The zero-order chi connectivity index (χ0) is 25.3. The van der Waals surface area contributed by atoms with Crippen molar-refractivity contribution in [2.75, 3.05) is 0 Å². The maximum absolute atomic E-state index is 2.69. The van der Waals surface area contributed by atoms with Gasteiger partial charge in [-0.15, -0.1) is 0 Å². The molecule has 199 valence electrons. The predicted octanol–water partition coefficient (Wildman–Crippen LogP) is 10.0. The summed E-state index contributed by atoms with van der Waals surface area (Å²) >= 11 is -1.16. The number of rotatable bonds is 12. The Balaban J connectivity index is 8.22. The molecule has 0 aromatic heterocycles. The van der Waals surface area contributed by atoms with Crippen LogP contribution in [0.5, 0.6) is 0 Å². The van der Waals surface area contributed by atoms with Crippen molar-refractivity contribution in [2.24, 2.45) is 0 Å². The molecule has 0 heterocycles. The molecule has 0 unspecified atom stereocenters. The average molecular weight is 588 g/mol. The van der Waals surface area contributed by atoms with Crippen molar-refractivity contribution in [3.8, 4) is 0 Å². The van der Waals surface area contributed by atoms with E-state index in [1.165, 1.54) is 0 Å². The van der Waals surface area contributed by atoms with E-state index in [0.717, 1.165) is 50.9 Å². The van der Waals surface area contributed by atoms with Gasteiger partial charge in [0.15, 0.2) is 0 Å². The molecule has 0 aromatic carbocycles. The maximum atomic E-state index is 2.69. The minimum atomic E-state index is -1.54. The first kappa shape index (κ1) is 32.9. The Hall–Kier alpha value is 1.91. The zero-order valence-corrected chi connectivity index (χ0v) is 29.8. The van der Waals surface area contributed by atoms with Crippen LogP contribution in [0.1, 0.15) is 125 Å². The molecule has 0 nitrogen and oxygen atoms in total. The van der Waals surface area contributed by atoms with Gasteiger partial charge in [0.1, 0.15) is 0 Å². The van der Waals surface area contributed by atoms with E-state index in [1.54, 1.807) is 0 Å². The van der Waals surface area contributed by atoms with E-state index >= 15 is 0 Å². The van der Waals surface area contributed by atoms with E-state index in [4.69, 9.17) is 0 Å². The molecule has 0 aliphatic carbocycles. The Labute approximate surface area is 206 Å². The molecule has 0 aliphatic heterocycles. The third kappa shape index (κ3) is 5.23. The average Bonchev–Trinajstić information content (AvgIpc) is 2.52. The molecule has 0 radical (unpaired) electrons. The van der Waals surface area contributed by atoms with Crippen LogP contribution < -0.4 is 0 Å². The van der Waals surface area contributed by atoms with Crippen LogP contribution in [0.25, 0.3) is 0 Å². The van der Waals surface area contributed by atoms with Gasteiger partial charge in [-0.1, -0.05) is 0 Å². The first-order valence-electron chi connectivity index (χ1n) is 13.5. The van der Waals surface area contributed by atoms with E-state index in [9.17, 15) is 0 Å². The first-order chi connectivity index (χ1) is 13.9. The van der Waals surface area contributed by atoms with E-state index in [1.807, 2.05) is 0 Å². The summed E-state index contributed by atoms with van der Waals surface area (Å²) in [6.07, 6.45) is 0. The summed E-state index contributed by atoms with van der Waals surface area (Å²) < 4.78 is 0. The van der Waals surface area contributed by atoms with Crippen LogP contribution in [0, 0.1) is 0 Å². The molecule has 0 bridgehead atoms. The summed E-state index contributed by atoms with van der Waals surface area (Å²) in [7, 11) is 0. The second kappa shape index (κ2) is 12.2. The van der Waals surface area contributed by atoms with E-state index in [0.29, 0.717) is 0 Å². The van der Waals surface area contributed by atoms with E-state index < -0.39 is 31.3 Å². The van der Waals surface area contributed by atoms with Crippen LogP contribution >= 0.6 is 16.8 Å². The molecule has 0 saturated carbocycles. The molecule has 0 aromatic rings. The summed E-state index contributed by atoms with van der Waals surface area (Å²) in [6.45, 7) is 48.4. The van der Waals surface area contributed by atoms with Crippen molar-refractivity contribution in [2.45, 2.75) is 176 Å². The zero-order valence-electron chi connectivity index (χ0n) is 25.0. The van der Waals surface area contributed by atoms with Gasteiger partial charge >= 0.3 is 207 Å². The summed E-state index contributed by atoms with van der Waals surface area (Å²) in [5.41, 5.74) is 3.62. The van der Waals surface area contributed by atoms with Crippen molar-refractivity contribution < 1.29 is 14.5 Å². The van der Waals surface area contributed by atoms with Gasteiger partial charge in [0.25, 0.3) is 0 Å². The van der Waals surface area contributed by atoms with Crippen LogP contribution in [0.4, 0.5) is 0 Å². The topological polar surface area (TPSA) is 0 Å². The standard InChI is InChI=1S/3C9H21P.Rh.H/c3*1-7(2)10(8(3)4)9(5)6;;/h3*7-9H,1-6H3;;/q;;;-3;/p+3. The van der Waals surface area contributed by atoms with Crippen molar-refractivity contribution in [3.05, 3.63) is 0 Å². The molecule has 0 amide bonds. The van der Waals surface area contributed by atoms with Crippen molar-refractivity contribution in [1.82, 2.24) is 0 Å². The second-order valence-corrected chi connectivity index (χ2v) is 55.7. The van der Waals surface area contributed by atoms with Gasteiger partial charge in [-0.05, 0) is 0 Å². The fraction of sp³-hybridized carbons (Fsp3) is 1.00. The van der Waals surface area contributed by atoms with Crippen molar-refractivity contribution >= 4 is 16.8 Å². The Morgan fingerprint density at radius 1 is 0.258 bits per heavy atom. The minimum absolute atomic E-state index is 0.914. The molecule has 0 rings (SSSR count). The molecular weight excluding hydrogens is 520 g/mol. The van der Waals surface area contributed by atoms with Crippen LogP contribution in [-0.4, -0.2) is 50.9 Å². The SMILES string of the molecule is CC(C)[PH](C(C)C)(C(C)C)[RhH]([PH](C(C)C)(C(C)C)C(C)C)[PH](C(C)C)(C(C)C)C(C)C. The molecule has 0 saturated heterocycles. The van der Waals surface area contributed by atoms with Gasteiger partial charge < -0.3 is 0 Å². The molecular formula is C27H67P3Rh. The molecule has 31 heavy (non-hydrogen) atoms. The summed E-state index contributed by atoms with van der Waals surface area (Å²) in [4.78, 5) is 0. The van der Waals surface area contributed by atoms with Crippen LogP contribution in [0.2, 0.25) is 0 Å². The Bertz CT molecular complexity index is 391. The fourth-order valence-electron chi connectivity index (χ4n) is 8.63. The van der Waals surface area contributed by atoms with Crippen molar-refractivity contribution in [3.63, 3.8) is 0 Å². The second-order valence-electron chi connectivity index (χ2n) is 13.1. The third-order valence-electron chi connectivity index (χ3n) is 8.76. The monoisotopic (exact) mass is 587 g/mol. The summed E-state index contributed by atoms with van der Waals surface area (Å²) in [5.74, 6) is 0. The third-order valence-corrected chi connectivity index (χ3v) is 99.5. The molecule has 0 aliphatic rings. The normalized spacial score (nSPS) is 18.1. The summed E-state index contributed by atoms with van der Waals surface area (Å²) in [6, 6.07) is 0. The first-order valence-corrected chi connectivity index (χ1v) is 27.6. The quantitative estimate of drug-likeness (QED) is 0.157. The van der Waals surface area contributed by atoms with E-state index in [-0.39, 0.29) is 0 Å². The number of hydrogen-bond donors (Lipinski definition) is 0. The molecule has 0 fully saturated rings. The molecule has 0 atom stereocenters. The Morgan fingerprint density at radius 3 is 0.419 bits per heavy atom. The van der Waals surface area contributed by atoms with E-state index in [2.05, 4.69) is 125 Å². The number of hydrogen-bond acceptors (Lipinski definition) is 0. The predicted molar refractivity (Wildman–Crippen MR) is 163 cm³/mol. The van der Waals surface area contributed by atoms with Crippen LogP contribution in [0.3, 0.4) is 0 Å². The van der Waals surface area contributed by atoms with Crippen molar-refractivity contribution in [1.29, 1.82) is 0 Å². The molecule has 0 spiro atoms. The molecule has 4 heteroatoms. The van der Waals surface area contributed by atoms with Gasteiger partial charge in [-0.25, -0.2) is 0 Å². The van der Waals surface area contributed by atoms with Gasteiger partial charge in [-0.2, -0.15) is 0 Å². The summed E-state index contributed by atoms with van der Waals surface area (Å²) in [5, 5.41) is 0. The van der Waals surface area contributed by atoms with Crippen LogP contribution in [-0.2, 0) is 14.5 Å². The van der Waals surface area contributed by atoms with Gasteiger partial charge in [0.05, 0.1) is 0 Å².